The third-order valence-corrected chi connectivity index (χ3v) is 8.10. The summed E-state index contributed by atoms with van der Waals surface area (Å²) in [6.45, 7) is 6.11. The Morgan fingerprint density at radius 2 is 1.84 bits per heavy atom. The van der Waals surface area contributed by atoms with Crippen LogP contribution in [-0.4, -0.2) is 54.8 Å². The summed E-state index contributed by atoms with van der Waals surface area (Å²) in [4.78, 5) is 28.9. The SMILES string of the molecule is Cc1c([C@@H](C)NC(=O)c2cn(C3CCOCC3)c(=O)cc2N[C@H]2[C@@H]3CN(C)C[C@@H]32)cccc1C(F)(F)F. The molecule has 1 aromatic heterocycles. The van der Waals surface area contributed by atoms with Crippen molar-refractivity contribution in [3.05, 3.63) is 63.1 Å². The van der Waals surface area contributed by atoms with E-state index in [1.165, 1.54) is 19.1 Å². The quantitative estimate of drug-likeness (QED) is 0.605. The standard InChI is InChI=1S/C27H33F3N4O3/c1-15-18(5-4-6-22(15)27(28,29)30)16(2)31-26(36)21-14-34(17-7-9-37-10-8-17)24(35)11-23(21)32-25-19-12-33(3)13-20(19)25/h4-6,11,14,16-17,19-20,25,32H,7-10,12-13H2,1-3H3,(H,31,36)/t16-,19-,20+,25+/m1/s1. The maximum absolute atomic E-state index is 13.6. The van der Waals surface area contributed by atoms with Gasteiger partial charge in [-0.2, -0.15) is 13.2 Å². The summed E-state index contributed by atoms with van der Waals surface area (Å²) in [5.41, 5.74) is 0.377. The largest absolute Gasteiger partial charge is 0.416 e. The lowest BCUT2D eigenvalue weighted by Gasteiger charge is -2.26. The van der Waals surface area contributed by atoms with Gasteiger partial charge in [0.1, 0.15) is 0 Å². The molecular formula is C27H33F3N4O3. The highest BCUT2D eigenvalue weighted by Gasteiger charge is 2.55. The highest BCUT2D eigenvalue weighted by molar-refractivity contribution is 5.99. The van der Waals surface area contributed by atoms with E-state index in [1.54, 1.807) is 23.8 Å². The number of benzene rings is 1. The Balaban J connectivity index is 1.43. The van der Waals surface area contributed by atoms with Crippen LogP contribution < -0.4 is 16.2 Å². The molecule has 37 heavy (non-hydrogen) atoms. The minimum absolute atomic E-state index is 0.0704. The van der Waals surface area contributed by atoms with E-state index in [9.17, 15) is 22.8 Å². The molecule has 3 heterocycles. The van der Waals surface area contributed by atoms with Crippen molar-refractivity contribution in [3.63, 3.8) is 0 Å². The molecule has 2 aliphatic heterocycles. The van der Waals surface area contributed by atoms with E-state index in [4.69, 9.17) is 4.74 Å². The van der Waals surface area contributed by atoms with E-state index >= 15 is 0 Å². The number of pyridine rings is 1. The fraction of sp³-hybridized carbons (Fsp3) is 0.556. The van der Waals surface area contributed by atoms with Gasteiger partial charge in [0.2, 0.25) is 0 Å². The van der Waals surface area contributed by atoms with E-state index in [0.717, 1.165) is 19.2 Å². The summed E-state index contributed by atoms with van der Waals surface area (Å²) in [6.07, 6.45) is -1.53. The van der Waals surface area contributed by atoms with Crippen LogP contribution >= 0.6 is 0 Å². The van der Waals surface area contributed by atoms with E-state index in [1.807, 2.05) is 0 Å². The molecule has 200 valence electrons. The molecule has 10 heteroatoms. The molecule has 1 aromatic carbocycles. The number of alkyl halides is 3. The summed E-state index contributed by atoms with van der Waals surface area (Å²) in [5, 5.41) is 6.32. The number of ether oxygens (including phenoxy) is 1. The Morgan fingerprint density at radius 3 is 2.49 bits per heavy atom. The number of carbonyl (C=O) groups is 1. The molecule has 0 unspecified atom stereocenters. The van der Waals surface area contributed by atoms with Crippen molar-refractivity contribution in [3.8, 4) is 0 Å². The van der Waals surface area contributed by atoms with Crippen molar-refractivity contribution in [2.75, 3.05) is 38.7 Å². The van der Waals surface area contributed by atoms with E-state index in [-0.39, 0.29) is 23.2 Å². The summed E-state index contributed by atoms with van der Waals surface area (Å²) in [5.74, 6) is 0.520. The van der Waals surface area contributed by atoms with Crippen LogP contribution in [0.4, 0.5) is 18.9 Å². The Labute approximate surface area is 214 Å². The van der Waals surface area contributed by atoms with Crippen molar-refractivity contribution in [1.82, 2.24) is 14.8 Å². The second-order valence-electron chi connectivity index (χ2n) is 10.6. The molecule has 7 nitrogen and oxygen atoms in total. The number of halogens is 3. The summed E-state index contributed by atoms with van der Waals surface area (Å²) in [7, 11) is 2.08. The van der Waals surface area contributed by atoms with Gasteiger partial charge >= 0.3 is 6.18 Å². The molecule has 3 fully saturated rings. The molecule has 4 atom stereocenters. The van der Waals surface area contributed by atoms with Crippen molar-refractivity contribution in [1.29, 1.82) is 0 Å². The zero-order valence-corrected chi connectivity index (χ0v) is 21.3. The predicted octanol–water partition coefficient (Wildman–Crippen LogP) is 3.99. The lowest BCUT2D eigenvalue weighted by molar-refractivity contribution is -0.138. The smallest absolute Gasteiger partial charge is 0.381 e. The molecule has 3 aliphatic rings. The van der Waals surface area contributed by atoms with Gasteiger partial charge in [-0.1, -0.05) is 12.1 Å². The lowest BCUT2D eigenvalue weighted by atomic mass is 9.97. The van der Waals surface area contributed by atoms with Gasteiger partial charge in [-0.25, -0.2) is 0 Å². The third-order valence-electron chi connectivity index (χ3n) is 8.10. The molecule has 0 radical (unpaired) electrons. The first kappa shape index (κ1) is 25.8. The average Bonchev–Trinajstić information content (AvgIpc) is 3.28. The minimum atomic E-state index is -4.48. The number of fused-ring (bicyclic) bond motifs is 1. The first-order chi connectivity index (χ1) is 17.5. The van der Waals surface area contributed by atoms with Crippen LogP contribution in [0, 0.1) is 18.8 Å². The number of rotatable bonds is 6. The Bertz CT molecular complexity index is 1230. The number of piperidine rings is 1. The molecule has 0 spiro atoms. The number of hydrogen-bond donors (Lipinski definition) is 2. The Morgan fingerprint density at radius 1 is 1.16 bits per heavy atom. The van der Waals surface area contributed by atoms with E-state index < -0.39 is 23.7 Å². The van der Waals surface area contributed by atoms with E-state index in [0.29, 0.717) is 54.7 Å². The van der Waals surface area contributed by atoms with Gasteiger partial charge in [0.25, 0.3) is 11.5 Å². The number of nitrogens with zero attached hydrogens (tertiary/aromatic N) is 2. The van der Waals surface area contributed by atoms with Crippen LogP contribution in [0.1, 0.15) is 58.9 Å². The van der Waals surface area contributed by atoms with Crippen molar-refractivity contribution < 1.29 is 22.7 Å². The van der Waals surface area contributed by atoms with Crippen LogP contribution in [0.3, 0.4) is 0 Å². The number of aromatic nitrogens is 1. The number of amides is 1. The van der Waals surface area contributed by atoms with Crippen molar-refractivity contribution in [2.45, 2.75) is 51.0 Å². The lowest BCUT2D eigenvalue weighted by Crippen LogP contribution is -2.34. The minimum Gasteiger partial charge on any atom is -0.381 e. The fourth-order valence-electron chi connectivity index (χ4n) is 6.01. The van der Waals surface area contributed by atoms with Crippen LogP contribution in [-0.2, 0) is 10.9 Å². The predicted molar refractivity (Wildman–Crippen MR) is 134 cm³/mol. The van der Waals surface area contributed by atoms with Gasteiger partial charge in [-0.15, -0.1) is 0 Å². The van der Waals surface area contributed by atoms with E-state index in [2.05, 4.69) is 22.6 Å². The van der Waals surface area contributed by atoms with Crippen LogP contribution in [0.5, 0.6) is 0 Å². The molecule has 2 N–H and O–H groups in total. The molecule has 1 aliphatic carbocycles. The van der Waals surface area contributed by atoms with Gasteiger partial charge < -0.3 is 24.8 Å². The maximum Gasteiger partial charge on any atom is 0.416 e. The number of anilines is 1. The molecule has 1 amide bonds. The first-order valence-corrected chi connectivity index (χ1v) is 12.8. The zero-order valence-electron chi connectivity index (χ0n) is 21.3. The number of carbonyl (C=O) groups excluding carboxylic acids is 1. The molecule has 1 saturated carbocycles. The summed E-state index contributed by atoms with van der Waals surface area (Å²) < 4.78 is 47.4. The average molecular weight is 519 g/mol. The Hall–Kier alpha value is -2.85. The third kappa shape index (κ3) is 5.13. The summed E-state index contributed by atoms with van der Waals surface area (Å²) in [6, 6.07) is 4.95. The van der Waals surface area contributed by atoms with Gasteiger partial charge in [0, 0.05) is 50.7 Å². The van der Waals surface area contributed by atoms with Gasteiger partial charge in [-0.3, -0.25) is 9.59 Å². The normalized spacial score (nSPS) is 25.0. The van der Waals surface area contributed by atoms with Crippen LogP contribution in [0.15, 0.2) is 35.3 Å². The molecule has 2 aromatic rings. The second-order valence-corrected chi connectivity index (χ2v) is 10.6. The van der Waals surface area contributed by atoms with Crippen molar-refractivity contribution in [2.24, 2.45) is 11.8 Å². The number of nitrogens with one attached hydrogen (secondary N) is 2. The monoisotopic (exact) mass is 518 g/mol. The highest BCUT2D eigenvalue weighted by atomic mass is 19.4. The summed E-state index contributed by atoms with van der Waals surface area (Å²) >= 11 is 0. The highest BCUT2D eigenvalue weighted by Crippen LogP contribution is 2.47. The Kier molecular flexibility index (Phi) is 6.83. The number of hydrogen-bond acceptors (Lipinski definition) is 5. The fourth-order valence-corrected chi connectivity index (χ4v) is 6.01. The molecule has 0 bridgehead atoms. The topological polar surface area (TPSA) is 75.6 Å². The van der Waals surface area contributed by atoms with Crippen molar-refractivity contribution >= 4 is 11.6 Å². The van der Waals surface area contributed by atoms with Crippen LogP contribution in [0.25, 0.3) is 0 Å². The second kappa shape index (κ2) is 9.79. The number of likely N-dealkylation sites (tertiary alicyclic amines) is 1. The first-order valence-electron chi connectivity index (χ1n) is 12.8. The maximum atomic E-state index is 13.6. The zero-order chi connectivity index (χ0) is 26.5. The van der Waals surface area contributed by atoms with Crippen LogP contribution in [0.2, 0.25) is 0 Å². The molecule has 2 saturated heterocycles. The van der Waals surface area contributed by atoms with Gasteiger partial charge in [-0.05, 0) is 62.8 Å². The van der Waals surface area contributed by atoms with Gasteiger partial charge in [0.05, 0.1) is 22.9 Å². The molecular weight excluding hydrogens is 485 g/mol. The van der Waals surface area contributed by atoms with Gasteiger partial charge in [0.15, 0.2) is 0 Å². The molecule has 5 rings (SSSR count).